The van der Waals surface area contributed by atoms with E-state index in [-0.39, 0.29) is 37.6 Å². The van der Waals surface area contributed by atoms with E-state index in [0.717, 1.165) is 36.1 Å². The molecule has 1 aliphatic rings. The van der Waals surface area contributed by atoms with Crippen molar-refractivity contribution >= 4 is 7.52 Å². The van der Waals surface area contributed by atoms with Crippen molar-refractivity contribution in [2.75, 3.05) is 26.4 Å². The second-order valence-electron chi connectivity index (χ2n) is 8.32. The fourth-order valence-electron chi connectivity index (χ4n) is 4.22. The molecule has 0 aliphatic heterocycles. The molecule has 1 saturated carbocycles. The van der Waals surface area contributed by atoms with Gasteiger partial charge < -0.3 is 20.2 Å². The van der Waals surface area contributed by atoms with E-state index in [1.54, 1.807) is 0 Å². The summed E-state index contributed by atoms with van der Waals surface area (Å²) in [5, 5.41) is 29.7. The molecule has 176 valence electrons. The molecule has 8 heteroatoms. The first-order valence-electron chi connectivity index (χ1n) is 11.2. The van der Waals surface area contributed by atoms with E-state index >= 15 is 0 Å². The number of benzene rings is 1. The minimum Gasteiger partial charge on any atom is -0.396 e. The lowest BCUT2D eigenvalue weighted by atomic mass is 9.90. The fraction of sp³-hybridized carbons (Fsp3) is 0.652. The van der Waals surface area contributed by atoms with Gasteiger partial charge in [-0.15, -0.1) is 4.83 Å². The molecule has 1 fully saturated rings. The highest BCUT2D eigenvalue weighted by Gasteiger charge is 2.44. The molecule has 1 aromatic rings. The van der Waals surface area contributed by atoms with Crippen molar-refractivity contribution in [2.45, 2.75) is 57.2 Å². The molecule has 2 rings (SSSR count). The number of unbranched alkanes of at least 4 members (excludes halogenated alkanes) is 3. The van der Waals surface area contributed by atoms with Crippen molar-refractivity contribution < 1.29 is 29.6 Å². The summed E-state index contributed by atoms with van der Waals surface area (Å²) in [6.45, 7) is 0.305. The van der Waals surface area contributed by atoms with Crippen molar-refractivity contribution in [1.82, 2.24) is 4.83 Å². The summed E-state index contributed by atoms with van der Waals surface area (Å²) in [5.74, 6) is -0.554. The number of aryl methyl sites for hydroxylation is 1. The van der Waals surface area contributed by atoms with Crippen molar-refractivity contribution in [3.8, 4) is 0 Å². The van der Waals surface area contributed by atoms with Gasteiger partial charge in [0.2, 0.25) is 0 Å². The van der Waals surface area contributed by atoms with Gasteiger partial charge in [0.05, 0.1) is 19.3 Å². The Hall–Kier alpha value is -1.05. The largest absolute Gasteiger partial charge is 0.396 e. The quantitative estimate of drug-likeness (QED) is 0.148. The van der Waals surface area contributed by atoms with Crippen LogP contribution in [0.3, 0.4) is 0 Å². The maximum Gasteiger partial charge on any atom is 0.292 e. The summed E-state index contributed by atoms with van der Waals surface area (Å²) >= 11 is 0. The number of allylic oxidation sites excluding steroid dienone is 2. The Kier molecular flexibility index (Phi) is 11.4. The number of aliphatic hydroxyl groups is 3. The smallest absolute Gasteiger partial charge is 0.292 e. The van der Waals surface area contributed by atoms with Crippen LogP contribution in [0.15, 0.2) is 42.5 Å². The van der Waals surface area contributed by atoms with Gasteiger partial charge in [0, 0.05) is 25.2 Å². The zero-order chi connectivity index (χ0) is 22.7. The third-order valence-corrected chi connectivity index (χ3v) is 7.92. The van der Waals surface area contributed by atoms with E-state index in [1.165, 1.54) is 7.11 Å². The predicted molar refractivity (Wildman–Crippen MR) is 121 cm³/mol. The lowest BCUT2D eigenvalue weighted by molar-refractivity contribution is -0.0837. The maximum absolute atomic E-state index is 13.0. The Bertz CT molecular complexity index is 701. The third-order valence-electron chi connectivity index (χ3n) is 6.09. The molecule has 0 bridgehead atoms. The normalized spacial score (nSPS) is 26.0. The Morgan fingerprint density at radius 2 is 1.81 bits per heavy atom. The second kappa shape index (κ2) is 13.5. The van der Waals surface area contributed by atoms with Crippen LogP contribution in [0.2, 0.25) is 0 Å². The first kappa shape index (κ1) is 26.2. The summed E-state index contributed by atoms with van der Waals surface area (Å²) in [5.41, 5.74) is 0.978. The SMILES string of the molecule is CON(C[C@@H]1C(C/C=C\CCCCCO)[C@@H](O)C[C@H]1O)P(=O)(O)CCc1ccccc1. The van der Waals surface area contributed by atoms with Gasteiger partial charge in [-0.2, -0.15) is 0 Å². The molecular weight excluding hydrogens is 417 g/mol. The van der Waals surface area contributed by atoms with Crippen LogP contribution >= 0.6 is 7.52 Å². The van der Waals surface area contributed by atoms with Crippen LogP contribution in [0, 0.1) is 11.8 Å². The molecule has 0 saturated heterocycles. The second-order valence-corrected chi connectivity index (χ2v) is 10.5. The van der Waals surface area contributed by atoms with Gasteiger partial charge in [0.15, 0.2) is 0 Å². The highest BCUT2D eigenvalue weighted by molar-refractivity contribution is 7.55. The molecule has 31 heavy (non-hydrogen) atoms. The van der Waals surface area contributed by atoms with Crippen LogP contribution in [-0.4, -0.2) is 63.7 Å². The first-order chi connectivity index (χ1) is 14.9. The molecule has 4 N–H and O–H groups in total. The maximum atomic E-state index is 13.0. The zero-order valence-corrected chi connectivity index (χ0v) is 19.3. The Balaban J connectivity index is 1.93. The third kappa shape index (κ3) is 8.43. The molecule has 0 aromatic heterocycles. The van der Waals surface area contributed by atoms with E-state index < -0.39 is 19.7 Å². The van der Waals surface area contributed by atoms with Gasteiger partial charge in [0.25, 0.3) is 7.52 Å². The minimum absolute atomic E-state index is 0.0502. The molecule has 0 amide bonds. The van der Waals surface area contributed by atoms with Gasteiger partial charge in [0.1, 0.15) is 0 Å². The number of rotatable bonds is 14. The molecule has 0 radical (unpaired) electrons. The minimum atomic E-state index is -3.76. The van der Waals surface area contributed by atoms with Crippen molar-refractivity contribution in [3.63, 3.8) is 0 Å². The van der Waals surface area contributed by atoms with Crippen molar-refractivity contribution in [3.05, 3.63) is 48.0 Å². The fourth-order valence-corrected chi connectivity index (χ4v) is 5.69. The van der Waals surface area contributed by atoms with Gasteiger partial charge in [-0.05, 0) is 50.0 Å². The summed E-state index contributed by atoms with van der Waals surface area (Å²) in [6, 6.07) is 9.53. The first-order valence-corrected chi connectivity index (χ1v) is 13.0. The average Bonchev–Trinajstić information content (AvgIpc) is 3.02. The molecule has 1 aliphatic carbocycles. The van der Waals surface area contributed by atoms with E-state index in [2.05, 4.69) is 6.08 Å². The van der Waals surface area contributed by atoms with Crippen LogP contribution in [0.1, 0.15) is 44.1 Å². The van der Waals surface area contributed by atoms with Crippen LogP contribution in [0.25, 0.3) is 0 Å². The van der Waals surface area contributed by atoms with E-state index in [9.17, 15) is 19.7 Å². The molecule has 5 atom stereocenters. The lowest BCUT2D eigenvalue weighted by Crippen LogP contribution is -2.34. The zero-order valence-electron chi connectivity index (χ0n) is 18.4. The van der Waals surface area contributed by atoms with Crippen LogP contribution < -0.4 is 0 Å². The topological polar surface area (TPSA) is 110 Å². The Morgan fingerprint density at radius 3 is 2.48 bits per heavy atom. The van der Waals surface area contributed by atoms with Gasteiger partial charge in [-0.25, -0.2) is 0 Å². The Labute approximate surface area is 185 Å². The molecular formula is C23H38NO6P. The monoisotopic (exact) mass is 455 g/mol. The predicted octanol–water partition coefficient (Wildman–Crippen LogP) is 3.13. The highest BCUT2D eigenvalue weighted by atomic mass is 31.2. The van der Waals surface area contributed by atoms with E-state index in [0.29, 0.717) is 12.8 Å². The number of hydroxylamine groups is 1. The standard InChI is InChI=1S/C23H38NO6P/c1-30-24(31(28,29)16-14-19-11-7-6-8-12-19)18-21-20(22(26)17-23(21)27)13-9-4-2-3-5-10-15-25/h4,6-9,11-12,20-23,25-27H,2-3,5,10,13-18H2,1H3,(H,28,29)/b9-4-/t20?,21-,22+,23-/m1/s1. The number of aliphatic hydroxyl groups excluding tert-OH is 3. The van der Waals surface area contributed by atoms with Gasteiger partial charge in [-0.3, -0.25) is 9.40 Å². The molecule has 0 heterocycles. The van der Waals surface area contributed by atoms with E-state index in [4.69, 9.17) is 9.94 Å². The van der Waals surface area contributed by atoms with E-state index in [1.807, 2.05) is 36.4 Å². The van der Waals surface area contributed by atoms with Crippen LogP contribution in [0.5, 0.6) is 0 Å². The average molecular weight is 456 g/mol. The molecule has 0 spiro atoms. The van der Waals surface area contributed by atoms with Crippen molar-refractivity contribution in [1.29, 1.82) is 0 Å². The Morgan fingerprint density at radius 1 is 1.10 bits per heavy atom. The molecule has 7 nitrogen and oxygen atoms in total. The number of nitrogens with zero attached hydrogens (tertiary/aromatic N) is 1. The van der Waals surface area contributed by atoms with Crippen LogP contribution in [0.4, 0.5) is 0 Å². The van der Waals surface area contributed by atoms with Crippen molar-refractivity contribution in [2.24, 2.45) is 11.8 Å². The summed E-state index contributed by atoms with van der Waals surface area (Å²) < 4.78 is 13.0. The highest BCUT2D eigenvalue weighted by Crippen LogP contribution is 2.48. The summed E-state index contributed by atoms with van der Waals surface area (Å²) in [6.07, 6.45) is 7.74. The molecule has 2 unspecified atom stereocenters. The van der Waals surface area contributed by atoms with Crippen LogP contribution in [-0.2, 0) is 15.8 Å². The summed E-state index contributed by atoms with van der Waals surface area (Å²) in [7, 11) is -2.40. The molecule has 1 aromatic carbocycles. The number of hydrogen-bond acceptors (Lipinski definition) is 5. The lowest BCUT2D eigenvalue weighted by Gasteiger charge is -2.31. The number of hydrogen-bond donors (Lipinski definition) is 4. The van der Waals surface area contributed by atoms with Gasteiger partial charge >= 0.3 is 0 Å². The summed E-state index contributed by atoms with van der Waals surface area (Å²) in [4.78, 5) is 17.0. The van der Waals surface area contributed by atoms with Gasteiger partial charge in [-0.1, -0.05) is 48.9 Å².